The second-order valence-electron chi connectivity index (χ2n) is 5.84. The minimum absolute atomic E-state index is 0.321. The van der Waals surface area contributed by atoms with E-state index in [0.29, 0.717) is 17.2 Å². The second kappa shape index (κ2) is 5.94. The summed E-state index contributed by atoms with van der Waals surface area (Å²) in [5.41, 5.74) is 10.1. The number of rotatable bonds is 3. The van der Waals surface area contributed by atoms with Gasteiger partial charge in [-0.3, -0.25) is 0 Å². The normalized spacial score (nSPS) is 13.9. The Labute approximate surface area is 143 Å². The number of esters is 1. The molecule has 124 valence electrons. The van der Waals surface area contributed by atoms with Crippen molar-refractivity contribution in [3.8, 4) is 11.3 Å². The summed E-state index contributed by atoms with van der Waals surface area (Å²) in [6.07, 6.45) is 5.83. The summed E-state index contributed by atoms with van der Waals surface area (Å²) < 4.78 is 10.8. The molecule has 3 heterocycles. The van der Waals surface area contributed by atoms with Crippen LogP contribution in [0.2, 0.25) is 0 Å². The van der Waals surface area contributed by atoms with E-state index in [0.717, 1.165) is 52.9 Å². The van der Waals surface area contributed by atoms with Crippen LogP contribution in [-0.2, 0) is 17.6 Å². The zero-order valence-electron chi connectivity index (χ0n) is 13.4. The topological polar surface area (TPSA) is 78.3 Å². The number of pyridine rings is 1. The van der Waals surface area contributed by atoms with Crippen LogP contribution in [0.25, 0.3) is 21.5 Å². The first-order valence-electron chi connectivity index (χ1n) is 8.15. The number of nitrogen functional groups attached to an aromatic ring is 1. The molecule has 0 aliphatic heterocycles. The predicted octanol–water partition coefficient (Wildman–Crippen LogP) is 4.19. The maximum Gasteiger partial charge on any atom is 0.350 e. The summed E-state index contributed by atoms with van der Waals surface area (Å²) >= 11 is 1.30. The lowest BCUT2D eigenvalue weighted by molar-refractivity contribution is 0.0533. The van der Waals surface area contributed by atoms with Crippen LogP contribution in [0, 0.1) is 0 Å². The van der Waals surface area contributed by atoms with Crippen molar-refractivity contribution in [2.75, 3.05) is 12.3 Å². The fourth-order valence-electron chi connectivity index (χ4n) is 3.35. The van der Waals surface area contributed by atoms with E-state index in [9.17, 15) is 4.79 Å². The molecule has 0 saturated heterocycles. The number of fused-ring (bicyclic) bond motifs is 2. The minimum Gasteiger partial charge on any atom is -0.464 e. The number of aromatic nitrogens is 1. The van der Waals surface area contributed by atoms with Crippen molar-refractivity contribution >= 4 is 33.2 Å². The smallest absolute Gasteiger partial charge is 0.350 e. The Morgan fingerprint density at radius 2 is 2.25 bits per heavy atom. The number of hydrogen-bond acceptors (Lipinski definition) is 6. The van der Waals surface area contributed by atoms with E-state index < -0.39 is 0 Å². The lowest BCUT2D eigenvalue weighted by Gasteiger charge is -2.18. The number of ether oxygens (including phenoxy) is 1. The van der Waals surface area contributed by atoms with Gasteiger partial charge in [-0.1, -0.05) is 0 Å². The standard InChI is InChI=1S/C18H18N2O3S/c1-2-22-18(21)16-15(19)14-13(12-8-5-9-23-12)10-6-3-4-7-11(10)20-17(14)24-16/h5,8-9H,2-4,6-7,19H2,1H3. The van der Waals surface area contributed by atoms with Gasteiger partial charge in [0.1, 0.15) is 15.5 Å². The van der Waals surface area contributed by atoms with Crippen molar-refractivity contribution < 1.29 is 13.9 Å². The highest BCUT2D eigenvalue weighted by molar-refractivity contribution is 7.21. The van der Waals surface area contributed by atoms with Crippen molar-refractivity contribution in [2.45, 2.75) is 32.6 Å². The number of carbonyl (C=O) groups excluding carboxylic acids is 1. The van der Waals surface area contributed by atoms with Crippen LogP contribution < -0.4 is 5.73 Å². The molecule has 0 atom stereocenters. The number of nitrogens with two attached hydrogens (primary N) is 1. The molecule has 0 aromatic carbocycles. The molecule has 1 aliphatic rings. The highest BCUT2D eigenvalue weighted by Gasteiger charge is 2.27. The summed E-state index contributed by atoms with van der Waals surface area (Å²) in [5, 5.41) is 0.818. The van der Waals surface area contributed by atoms with E-state index >= 15 is 0 Å². The third kappa shape index (κ3) is 2.29. The van der Waals surface area contributed by atoms with Gasteiger partial charge < -0.3 is 14.9 Å². The molecule has 6 heteroatoms. The molecule has 0 bridgehead atoms. The summed E-state index contributed by atoms with van der Waals surface area (Å²) in [4.78, 5) is 18.2. The Bertz CT molecular complexity index is 912. The van der Waals surface area contributed by atoms with Crippen molar-refractivity contribution in [1.82, 2.24) is 4.98 Å². The molecule has 3 aromatic heterocycles. The Morgan fingerprint density at radius 3 is 3.00 bits per heavy atom. The maximum absolute atomic E-state index is 12.2. The molecule has 24 heavy (non-hydrogen) atoms. The van der Waals surface area contributed by atoms with Crippen LogP contribution in [0.4, 0.5) is 5.69 Å². The molecule has 0 fully saturated rings. The minimum atomic E-state index is -0.388. The van der Waals surface area contributed by atoms with Crippen molar-refractivity contribution in [3.05, 3.63) is 34.5 Å². The third-order valence-electron chi connectivity index (χ3n) is 4.38. The van der Waals surface area contributed by atoms with Gasteiger partial charge in [0.05, 0.1) is 18.6 Å². The summed E-state index contributed by atoms with van der Waals surface area (Å²) in [6.45, 7) is 2.11. The van der Waals surface area contributed by atoms with Crippen LogP contribution in [0.5, 0.6) is 0 Å². The average Bonchev–Trinajstić information content (AvgIpc) is 3.22. The van der Waals surface area contributed by atoms with E-state index in [-0.39, 0.29) is 5.97 Å². The van der Waals surface area contributed by atoms with E-state index in [2.05, 4.69) is 0 Å². The molecule has 0 spiro atoms. The van der Waals surface area contributed by atoms with Crippen LogP contribution in [0.3, 0.4) is 0 Å². The van der Waals surface area contributed by atoms with E-state index in [4.69, 9.17) is 19.9 Å². The van der Waals surface area contributed by atoms with Crippen molar-refractivity contribution in [2.24, 2.45) is 0 Å². The molecule has 0 radical (unpaired) electrons. The Kier molecular flexibility index (Phi) is 3.76. The Morgan fingerprint density at radius 1 is 1.42 bits per heavy atom. The molecule has 0 unspecified atom stereocenters. The van der Waals surface area contributed by atoms with Crippen LogP contribution in [0.1, 0.15) is 40.7 Å². The van der Waals surface area contributed by atoms with Crippen molar-refractivity contribution in [1.29, 1.82) is 0 Å². The average molecular weight is 342 g/mol. The molecule has 1 aliphatic carbocycles. The lowest BCUT2D eigenvalue weighted by atomic mass is 9.89. The molecule has 5 nitrogen and oxygen atoms in total. The van der Waals surface area contributed by atoms with Gasteiger partial charge in [0.2, 0.25) is 0 Å². The van der Waals surface area contributed by atoms with Crippen molar-refractivity contribution in [3.63, 3.8) is 0 Å². The fourth-order valence-corrected chi connectivity index (χ4v) is 4.37. The van der Waals surface area contributed by atoms with E-state index in [1.807, 2.05) is 12.1 Å². The first-order valence-corrected chi connectivity index (χ1v) is 8.97. The fraction of sp³-hybridized carbons (Fsp3) is 0.333. The van der Waals surface area contributed by atoms with Gasteiger partial charge >= 0.3 is 5.97 Å². The Balaban J connectivity index is 2.03. The zero-order chi connectivity index (χ0) is 16.7. The van der Waals surface area contributed by atoms with Gasteiger partial charge in [0.15, 0.2) is 0 Å². The molecule has 0 saturated carbocycles. The molecule has 4 rings (SSSR count). The third-order valence-corrected chi connectivity index (χ3v) is 5.46. The number of thiophene rings is 1. The zero-order valence-corrected chi connectivity index (χ0v) is 14.2. The number of anilines is 1. The number of furan rings is 1. The van der Waals surface area contributed by atoms with E-state index in [1.54, 1.807) is 13.2 Å². The quantitative estimate of drug-likeness (QED) is 0.722. The molecule has 3 aromatic rings. The second-order valence-corrected chi connectivity index (χ2v) is 6.84. The summed E-state index contributed by atoms with van der Waals surface area (Å²) in [7, 11) is 0. The predicted molar refractivity (Wildman–Crippen MR) is 94.3 cm³/mol. The first kappa shape index (κ1) is 15.2. The SMILES string of the molecule is CCOC(=O)c1sc2nc3c(c(-c4ccco4)c2c1N)CCCC3. The van der Waals surface area contributed by atoms with Gasteiger partial charge in [0, 0.05) is 16.6 Å². The summed E-state index contributed by atoms with van der Waals surface area (Å²) in [5.74, 6) is 0.391. The van der Waals surface area contributed by atoms with Crippen LogP contribution >= 0.6 is 11.3 Å². The van der Waals surface area contributed by atoms with Crippen LogP contribution in [-0.4, -0.2) is 17.6 Å². The number of nitrogens with zero attached hydrogens (tertiary/aromatic N) is 1. The molecular weight excluding hydrogens is 324 g/mol. The largest absolute Gasteiger partial charge is 0.464 e. The molecule has 2 N–H and O–H groups in total. The van der Waals surface area contributed by atoms with Gasteiger partial charge in [-0.15, -0.1) is 11.3 Å². The van der Waals surface area contributed by atoms with Gasteiger partial charge in [-0.05, 0) is 50.3 Å². The van der Waals surface area contributed by atoms with Gasteiger partial charge in [-0.25, -0.2) is 9.78 Å². The number of carbonyl (C=O) groups is 1. The van der Waals surface area contributed by atoms with E-state index in [1.165, 1.54) is 16.9 Å². The van der Waals surface area contributed by atoms with Crippen LogP contribution in [0.15, 0.2) is 22.8 Å². The number of aryl methyl sites for hydroxylation is 1. The molecular formula is C18H18N2O3S. The maximum atomic E-state index is 12.2. The highest BCUT2D eigenvalue weighted by atomic mass is 32.1. The highest BCUT2D eigenvalue weighted by Crippen LogP contribution is 2.44. The first-order chi connectivity index (χ1) is 11.7. The number of hydrogen-bond donors (Lipinski definition) is 1. The van der Waals surface area contributed by atoms with Gasteiger partial charge in [0.25, 0.3) is 0 Å². The summed E-state index contributed by atoms with van der Waals surface area (Å²) in [6, 6.07) is 3.80. The molecule has 0 amide bonds. The van der Waals surface area contributed by atoms with Gasteiger partial charge in [-0.2, -0.15) is 0 Å². The lowest BCUT2D eigenvalue weighted by Crippen LogP contribution is -2.08. The Hall–Kier alpha value is -2.34. The monoisotopic (exact) mass is 342 g/mol.